The topological polar surface area (TPSA) is 88.1 Å². The molecule has 0 atom stereocenters. The van der Waals surface area contributed by atoms with Gasteiger partial charge < -0.3 is 10.1 Å². The number of rotatable bonds is 4. The second-order valence-corrected chi connectivity index (χ2v) is 4.26. The van der Waals surface area contributed by atoms with Crippen LogP contribution in [0, 0.1) is 0 Å². The van der Waals surface area contributed by atoms with Crippen LogP contribution in [0.2, 0.25) is 0 Å². The van der Waals surface area contributed by atoms with E-state index in [-0.39, 0.29) is 43.0 Å². The van der Waals surface area contributed by atoms with Crippen molar-refractivity contribution in [2.45, 2.75) is 32.7 Å². The molecule has 0 saturated carbocycles. The van der Waals surface area contributed by atoms with Crippen LogP contribution in [0.15, 0.2) is 5.10 Å². The Balaban J connectivity index is 2.44. The third-order valence-corrected chi connectivity index (χ3v) is 2.23. The van der Waals surface area contributed by atoms with Gasteiger partial charge in [-0.1, -0.05) is 0 Å². The van der Waals surface area contributed by atoms with E-state index < -0.39 is 5.97 Å². The third kappa shape index (κ3) is 4.15. The number of nitrogens with zero attached hydrogens (tertiary/aromatic N) is 2. The van der Waals surface area contributed by atoms with E-state index in [1.165, 1.54) is 7.05 Å². The predicted molar refractivity (Wildman–Crippen MR) is 63.7 cm³/mol. The van der Waals surface area contributed by atoms with E-state index in [9.17, 15) is 14.4 Å². The second-order valence-electron chi connectivity index (χ2n) is 4.26. The largest absolute Gasteiger partial charge is 0.451 e. The zero-order chi connectivity index (χ0) is 13.7. The predicted octanol–water partition coefficient (Wildman–Crippen LogP) is -0.338. The van der Waals surface area contributed by atoms with Gasteiger partial charge in [-0.05, 0) is 13.8 Å². The van der Waals surface area contributed by atoms with Crippen LogP contribution in [-0.4, -0.2) is 48.2 Å². The normalized spacial score (nSPS) is 15.4. The van der Waals surface area contributed by atoms with Crippen molar-refractivity contribution >= 4 is 23.5 Å². The van der Waals surface area contributed by atoms with Crippen LogP contribution >= 0.6 is 0 Å². The van der Waals surface area contributed by atoms with Crippen LogP contribution in [0.25, 0.3) is 0 Å². The molecule has 0 spiro atoms. The fourth-order valence-electron chi connectivity index (χ4n) is 1.39. The maximum Gasteiger partial charge on any atom is 0.355 e. The van der Waals surface area contributed by atoms with Crippen molar-refractivity contribution in [2.75, 3.05) is 13.7 Å². The van der Waals surface area contributed by atoms with E-state index in [0.29, 0.717) is 0 Å². The summed E-state index contributed by atoms with van der Waals surface area (Å²) in [6.45, 7) is 3.28. The summed E-state index contributed by atoms with van der Waals surface area (Å²) in [5.41, 5.74) is 0.162. The average molecular weight is 255 g/mol. The van der Waals surface area contributed by atoms with E-state index in [4.69, 9.17) is 4.74 Å². The third-order valence-electron chi connectivity index (χ3n) is 2.23. The van der Waals surface area contributed by atoms with Crippen LogP contribution in [0.1, 0.15) is 26.7 Å². The van der Waals surface area contributed by atoms with Crippen molar-refractivity contribution in [1.82, 2.24) is 10.3 Å². The van der Waals surface area contributed by atoms with Crippen molar-refractivity contribution in [3.05, 3.63) is 0 Å². The molecule has 0 aliphatic carbocycles. The highest BCUT2D eigenvalue weighted by molar-refractivity contribution is 6.37. The van der Waals surface area contributed by atoms with Crippen LogP contribution in [-0.2, 0) is 19.1 Å². The molecule has 0 radical (unpaired) electrons. The lowest BCUT2D eigenvalue weighted by atomic mass is 10.2. The molecule has 7 heteroatoms. The molecule has 0 saturated heterocycles. The minimum Gasteiger partial charge on any atom is -0.451 e. The summed E-state index contributed by atoms with van der Waals surface area (Å²) in [6, 6.07) is -0.00743. The lowest BCUT2D eigenvalue weighted by Gasteiger charge is -2.18. The smallest absolute Gasteiger partial charge is 0.355 e. The summed E-state index contributed by atoms with van der Waals surface area (Å²) in [7, 11) is 1.47. The Morgan fingerprint density at radius 3 is 2.67 bits per heavy atom. The number of carbonyl (C=O) groups is 3. The van der Waals surface area contributed by atoms with Gasteiger partial charge in [0.2, 0.25) is 5.91 Å². The van der Waals surface area contributed by atoms with E-state index in [0.717, 1.165) is 5.01 Å². The number of hydrogen-bond donors (Lipinski definition) is 1. The van der Waals surface area contributed by atoms with Gasteiger partial charge in [0.25, 0.3) is 5.91 Å². The number of esters is 1. The first kappa shape index (κ1) is 14.1. The maximum absolute atomic E-state index is 11.6. The van der Waals surface area contributed by atoms with Crippen molar-refractivity contribution < 1.29 is 19.1 Å². The SMILES string of the molecule is CC(C)NC(=O)COC(=O)C1=NN(C)C(=O)CC1. The Morgan fingerprint density at radius 2 is 2.11 bits per heavy atom. The summed E-state index contributed by atoms with van der Waals surface area (Å²) in [6.07, 6.45) is 0.469. The van der Waals surface area contributed by atoms with Gasteiger partial charge in [0.15, 0.2) is 6.61 Å². The van der Waals surface area contributed by atoms with Gasteiger partial charge in [-0.2, -0.15) is 5.10 Å². The zero-order valence-corrected chi connectivity index (χ0v) is 10.7. The van der Waals surface area contributed by atoms with Gasteiger partial charge in [0, 0.05) is 25.9 Å². The van der Waals surface area contributed by atoms with Gasteiger partial charge >= 0.3 is 5.97 Å². The Bertz CT molecular complexity index is 390. The van der Waals surface area contributed by atoms with Gasteiger partial charge in [0.1, 0.15) is 5.71 Å². The standard InChI is InChI=1S/C11H17N3O4/c1-7(2)12-9(15)6-18-11(17)8-4-5-10(16)14(3)13-8/h7H,4-6H2,1-3H3,(H,12,15). The van der Waals surface area contributed by atoms with Crippen LogP contribution < -0.4 is 5.32 Å². The number of nitrogens with one attached hydrogen (secondary N) is 1. The van der Waals surface area contributed by atoms with E-state index in [1.807, 2.05) is 13.8 Å². The van der Waals surface area contributed by atoms with Crippen molar-refractivity contribution in [3.8, 4) is 0 Å². The van der Waals surface area contributed by atoms with Crippen molar-refractivity contribution in [3.63, 3.8) is 0 Å². The zero-order valence-electron chi connectivity index (χ0n) is 10.7. The molecule has 1 aliphatic heterocycles. The molecule has 0 fully saturated rings. The van der Waals surface area contributed by atoms with E-state index >= 15 is 0 Å². The monoisotopic (exact) mass is 255 g/mol. The van der Waals surface area contributed by atoms with E-state index in [2.05, 4.69) is 10.4 Å². The number of hydrogen-bond acceptors (Lipinski definition) is 5. The minimum absolute atomic E-state index is 0.00743. The molecule has 0 aromatic rings. The molecule has 7 nitrogen and oxygen atoms in total. The fourth-order valence-corrected chi connectivity index (χ4v) is 1.39. The van der Waals surface area contributed by atoms with Crippen LogP contribution in [0.3, 0.4) is 0 Å². The van der Waals surface area contributed by atoms with Gasteiger partial charge in [-0.25, -0.2) is 9.80 Å². The first-order valence-corrected chi connectivity index (χ1v) is 5.70. The Hall–Kier alpha value is -1.92. The molecular formula is C11H17N3O4. The van der Waals surface area contributed by atoms with Crippen molar-refractivity contribution in [2.24, 2.45) is 5.10 Å². The molecular weight excluding hydrogens is 238 g/mol. The fraction of sp³-hybridized carbons (Fsp3) is 0.636. The van der Waals surface area contributed by atoms with Crippen molar-refractivity contribution in [1.29, 1.82) is 0 Å². The lowest BCUT2D eigenvalue weighted by Crippen LogP contribution is -2.36. The molecule has 0 unspecified atom stereocenters. The molecule has 0 bridgehead atoms. The maximum atomic E-state index is 11.6. The number of ether oxygens (including phenoxy) is 1. The number of amides is 2. The molecule has 0 aromatic heterocycles. The molecule has 0 aromatic carbocycles. The summed E-state index contributed by atoms with van der Waals surface area (Å²) in [5, 5.41) is 7.50. The van der Waals surface area contributed by atoms with E-state index in [1.54, 1.807) is 0 Å². The molecule has 2 amide bonds. The number of hydrazone groups is 1. The highest BCUT2D eigenvalue weighted by Gasteiger charge is 2.23. The summed E-state index contributed by atoms with van der Waals surface area (Å²) in [4.78, 5) is 34.0. The molecule has 1 rings (SSSR count). The lowest BCUT2D eigenvalue weighted by molar-refractivity contribution is -0.142. The Labute approximate surface area is 105 Å². The van der Waals surface area contributed by atoms with Gasteiger partial charge in [-0.15, -0.1) is 0 Å². The highest BCUT2D eigenvalue weighted by Crippen LogP contribution is 2.07. The second kappa shape index (κ2) is 6.13. The highest BCUT2D eigenvalue weighted by atomic mass is 16.5. The van der Waals surface area contributed by atoms with Gasteiger partial charge in [-0.3, -0.25) is 9.59 Å². The van der Waals surface area contributed by atoms with Crippen LogP contribution in [0.5, 0.6) is 0 Å². The quantitative estimate of drug-likeness (QED) is 0.696. The molecule has 1 N–H and O–H groups in total. The first-order valence-electron chi connectivity index (χ1n) is 5.70. The van der Waals surface area contributed by atoms with Gasteiger partial charge in [0.05, 0.1) is 0 Å². The summed E-state index contributed by atoms with van der Waals surface area (Å²) in [5.74, 6) is -1.17. The molecule has 1 heterocycles. The molecule has 1 aliphatic rings. The molecule has 100 valence electrons. The molecule has 18 heavy (non-hydrogen) atoms. The number of carbonyl (C=O) groups excluding carboxylic acids is 3. The first-order chi connectivity index (χ1) is 8.40. The summed E-state index contributed by atoms with van der Waals surface area (Å²) < 4.78 is 4.81. The Kier molecular flexibility index (Phi) is 4.82. The average Bonchev–Trinajstić information content (AvgIpc) is 2.28. The minimum atomic E-state index is -0.659. The Morgan fingerprint density at radius 1 is 1.44 bits per heavy atom. The van der Waals surface area contributed by atoms with Crippen LogP contribution in [0.4, 0.5) is 0 Å². The summed E-state index contributed by atoms with van der Waals surface area (Å²) >= 11 is 0.